The molecule has 0 unspecified atom stereocenters. The van der Waals surface area contributed by atoms with Gasteiger partial charge in [-0.25, -0.2) is 0 Å². The van der Waals surface area contributed by atoms with E-state index in [1.807, 2.05) is 24.3 Å². The van der Waals surface area contributed by atoms with Crippen LogP contribution in [0.1, 0.15) is 18.4 Å². The van der Waals surface area contributed by atoms with E-state index in [0.29, 0.717) is 18.6 Å². The maximum atomic E-state index is 12.1. The van der Waals surface area contributed by atoms with Gasteiger partial charge in [0.05, 0.1) is 12.1 Å². The minimum absolute atomic E-state index is 0.382. The van der Waals surface area contributed by atoms with Gasteiger partial charge in [-0.1, -0.05) is 18.2 Å². The highest BCUT2D eigenvalue weighted by Gasteiger charge is 2.52. The van der Waals surface area contributed by atoms with Gasteiger partial charge in [-0.2, -0.15) is 0 Å². The second-order valence-corrected chi connectivity index (χ2v) is 5.06. The fourth-order valence-electron chi connectivity index (χ4n) is 1.86. The van der Waals surface area contributed by atoms with Gasteiger partial charge in [0.1, 0.15) is 0 Å². The quantitative estimate of drug-likeness (QED) is 0.804. The van der Waals surface area contributed by atoms with Crippen molar-refractivity contribution >= 4 is 17.7 Å². The van der Waals surface area contributed by atoms with Crippen LogP contribution in [0.5, 0.6) is 0 Å². The van der Waals surface area contributed by atoms with E-state index < -0.39 is 11.4 Å². The number of hydrogen-bond acceptors (Lipinski definition) is 2. The van der Waals surface area contributed by atoms with Crippen LogP contribution in [0.25, 0.3) is 0 Å². The first-order valence-corrected chi connectivity index (χ1v) is 6.21. The fraction of sp³-hybridized carbons (Fsp3) is 0.417. The Morgan fingerprint density at radius 2 is 2.12 bits per heavy atom. The van der Waals surface area contributed by atoms with Crippen molar-refractivity contribution in [1.82, 2.24) is 0 Å². The highest BCUT2D eigenvalue weighted by Crippen LogP contribution is 2.51. The molecule has 2 rings (SSSR count). The van der Waals surface area contributed by atoms with Gasteiger partial charge in [-0.3, -0.25) is 9.18 Å². The first-order chi connectivity index (χ1) is 7.70. The van der Waals surface area contributed by atoms with Crippen molar-refractivity contribution in [2.45, 2.75) is 23.2 Å². The standard InChI is InChI=1S/C12H13FO2S/c13-7-8-16-10-4-2-1-3-9(10)12(5-6-12)11(14)15/h1-4H,5-8H2,(H,14,15). The maximum Gasteiger partial charge on any atom is 0.314 e. The number of carboxylic acid groups (broad SMARTS) is 1. The molecule has 1 N–H and O–H groups in total. The summed E-state index contributed by atoms with van der Waals surface area (Å²) in [7, 11) is 0. The van der Waals surface area contributed by atoms with Crippen molar-refractivity contribution in [3.8, 4) is 0 Å². The van der Waals surface area contributed by atoms with Crippen LogP contribution in [0.15, 0.2) is 29.2 Å². The van der Waals surface area contributed by atoms with Gasteiger partial charge in [0.25, 0.3) is 0 Å². The lowest BCUT2D eigenvalue weighted by Crippen LogP contribution is -2.20. The molecule has 0 amide bonds. The van der Waals surface area contributed by atoms with Crippen LogP contribution in [0.3, 0.4) is 0 Å². The molecule has 16 heavy (non-hydrogen) atoms. The van der Waals surface area contributed by atoms with E-state index in [4.69, 9.17) is 0 Å². The van der Waals surface area contributed by atoms with Crippen molar-refractivity contribution in [2.75, 3.05) is 12.4 Å². The summed E-state index contributed by atoms with van der Waals surface area (Å²) in [6.45, 7) is -0.390. The highest BCUT2D eigenvalue weighted by atomic mass is 32.2. The maximum absolute atomic E-state index is 12.1. The molecule has 4 heteroatoms. The first kappa shape index (κ1) is 11.5. The van der Waals surface area contributed by atoms with Crippen molar-refractivity contribution in [3.63, 3.8) is 0 Å². The van der Waals surface area contributed by atoms with Crippen LogP contribution in [-0.4, -0.2) is 23.5 Å². The number of aliphatic carboxylic acids is 1. The molecule has 0 aliphatic heterocycles. The Morgan fingerprint density at radius 1 is 1.44 bits per heavy atom. The van der Waals surface area contributed by atoms with Crippen molar-refractivity contribution in [1.29, 1.82) is 0 Å². The number of alkyl halides is 1. The largest absolute Gasteiger partial charge is 0.481 e. The zero-order chi connectivity index (χ0) is 11.6. The van der Waals surface area contributed by atoms with E-state index in [-0.39, 0.29) is 6.67 Å². The Kier molecular flexibility index (Phi) is 3.19. The van der Waals surface area contributed by atoms with Gasteiger partial charge < -0.3 is 5.11 Å². The first-order valence-electron chi connectivity index (χ1n) is 5.22. The van der Waals surface area contributed by atoms with Gasteiger partial charge in [-0.15, -0.1) is 11.8 Å². The number of carboxylic acids is 1. The number of benzene rings is 1. The summed E-state index contributed by atoms with van der Waals surface area (Å²) >= 11 is 1.39. The van der Waals surface area contributed by atoms with Crippen LogP contribution in [0, 0.1) is 0 Å². The topological polar surface area (TPSA) is 37.3 Å². The van der Waals surface area contributed by atoms with Crippen LogP contribution in [-0.2, 0) is 10.2 Å². The number of carbonyl (C=O) groups is 1. The summed E-state index contributed by atoms with van der Waals surface area (Å²) in [4.78, 5) is 12.1. The monoisotopic (exact) mass is 240 g/mol. The molecule has 2 nitrogen and oxygen atoms in total. The lowest BCUT2D eigenvalue weighted by Gasteiger charge is -2.14. The molecule has 0 heterocycles. The third-order valence-electron chi connectivity index (χ3n) is 2.90. The van der Waals surface area contributed by atoms with Crippen LogP contribution in [0.2, 0.25) is 0 Å². The Balaban J connectivity index is 2.30. The van der Waals surface area contributed by atoms with Crippen molar-refractivity contribution in [2.24, 2.45) is 0 Å². The zero-order valence-corrected chi connectivity index (χ0v) is 9.60. The Labute approximate surface area is 97.9 Å². The second-order valence-electron chi connectivity index (χ2n) is 3.92. The summed E-state index contributed by atoms with van der Waals surface area (Å²) in [6.07, 6.45) is 1.38. The Morgan fingerprint density at radius 3 is 2.69 bits per heavy atom. The average molecular weight is 240 g/mol. The number of hydrogen-bond donors (Lipinski definition) is 1. The molecule has 1 aliphatic rings. The third kappa shape index (κ3) is 1.94. The summed E-state index contributed by atoms with van der Waals surface area (Å²) in [5, 5.41) is 9.22. The molecule has 1 fully saturated rings. The van der Waals surface area contributed by atoms with Crippen molar-refractivity contribution < 1.29 is 14.3 Å². The number of halogens is 1. The highest BCUT2D eigenvalue weighted by molar-refractivity contribution is 7.99. The molecule has 0 saturated heterocycles. The lowest BCUT2D eigenvalue weighted by atomic mass is 9.96. The normalized spacial score (nSPS) is 17.1. The van der Waals surface area contributed by atoms with E-state index in [9.17, 15) is 14.3 Å². The molecule has 0 aromatic heterocycles. The van der Waals surface area contributed by atoms with E-state index >= 15 is 0 Å². The SMILES string of the molecule is O=C(O)C1(c2ccccc2SCCF)CC1. The second kappa shape index (κ2) is 4.45. The molecule has 1 aromatic carbocycles. The van der Waals surface area contributed by atoms with Crippen LogP contribution >= 0.6 is 11.8 Å². The molecule has 0 bridgehead atoms. The molecule has 1 aromatic rings. The van der Waals surface area contributed by atoms with Crippen LogP contribution in [0.4, 0.5) is 4.39 Å². The summed E-state index contributed by atoms with van der Waals surface area (Å²) < 4.78 is 12.1. The molecule has 0 spiro atoms. The Bertz CT molecular complexity index is 402. The van der Waals surface area contributed by atoms with Gasteiger partial charge in [0.2, 0.25) is 0 Å². The van der Waals surface area contributed by atoms with Gasteiger partial charge in [-0.05, 0) is 24.5 Å². The third-order valence-corrected chi connectivity index (χ3v) is 3.92. The molecular formula is C12H13FO2S. The fourth-order valence-corrected chi connectivity index (χ4v) is 2.75. The molecule has 1 saturated carbocycles. The van der Waals surface area contributed by atoms with E-state index in [2.05, 4.69) is 0 Å². The number of rotatable bonds is 5. The molecule has 0 atom stereocenters. The van der Waals surface area contributed by atoms with E-state index in [0.717, 1.165) is 10.5 Å². The predicted octanol–water partition coefficient (Wildman–Crippen LogP) is 2.86. The summed E-state index contributed by atoms with van der Waals surface area (Å²) in [5.74, 6) is -0.381. The minimum atomic E-state index is -0.763. The predicted molar refractivity (Wildman–Crippen MR) is 61.7 cm³/mol. The smallest absolute Gasteiger partial charge is 0.314 e. The molecule has 1 aliphatic carbocycles. The molecular weight excluding hydrogens is 227 g/mol. The van der Waals surface area contributed by atoms with E-state index in [1.54, 1.807) is 0 Å². The van der Waals surface area contributed by atoms with Gasteiger partial charge in [0.15, 0.2) is 0 Å². The molecule has 86 valence electrons. The summed E-state index contributed by atoms with van der Waals surface area (Å²) in [6, 6.07) is 7.43. The Hall–Kier alpha value is -1.03. The van der Waals surface area contributed by atoms with Gasteiger partial charge in [0, 0.05) is 10.6 Å². The average Bonchev–Trinajstić information content (AvgIpc) is 3.08. The summed E-state index contributed by atoms with van der Waals surface area (Å²) in [5.41, 5.74) is 0.154. The minimum Gasteiger partial charge on any atom is -0.481 e. The van der Waals surface area contributed by atoms with Crippen LogP contribution < -0.4 is 0 Å². The number of thioether (sulfide) groups is 1. The lowest BCUT2D eigenvalue weighted by molar-refractivity contribution is -0.140. The van der Waals surface area contributed by atoms with Gasteiger partial charge >= 0.3 is 5.97 Å². The molecule has 0 radical (unpaired) electrons. The zero-order valence-electron chi connectivity index (χ0n) is 8.78. The van der Waals surface area contributed by atoms with Crippen molar-refractivity contribution in [3.05, 3.63) is 29.8 Å². The van der Waals surface area contributed by atoms with E-state index in [1.165, 1.54) is 11.8 Å².